The topological polar surface area (TPSA) is 87.5 Å². The van der Waals surface area contributed by atoms with Crippen LogP contribution in [-0.4, -0.2) is 35.3 Å². The molecule has 0 radical (unpaired) electrons. The summed E-state index contributed by atoms with van der Waals surface area (Å²) in [4.78, 5) is 16.6. The summed E-state index contributed by atoms with van der Waals surface area (Å²) in [6.45, 7) is 2.13. The van der Waals surface area contributed by atoms with Gasteiger partial charge in [-0.15, -0.1) is 0 Å². The first-order chi connectivity index (χ1) is 16.7. The normalized spacial score (nSPS) is 12.2. The van der Waals surface area contributed by atoms with Crippen LogP contribution in [0, 0.1) is 0 Å². The van der Waals surface area contributed by atoms with Gasteiger partial charge in [0.25, 0.3) is 5.91 Å². The van der Waals surface area contributed by atoms with E-state index < -0.39 is 6.04 Å². The summed E-state index contributed by atoms with van der Waals surface area (Å²) in [7, 11) is 0. The van der Waals surface area contributed by atoms with Gasteiger partial charge in [0.05, 0.1) is 24.8 Å². The molecule has 0 aliphatic carbocycles. The van der Waals surface area contributed by atoms with Crippen LogP contribution in [0.1, 0.15) is 22.8 Å². The molecule has 3 aromatic carbocycles. The molecule has 5 rings (SSSR count). The van der Waals surface area contributed by atoms with Crippen LogP contribution in [0.2, 0.25) is 0 Å². The Morgan fingerprint density at radius 1 is 1.09 bits per heavy atom. The molecule has 0 spiro atoms. The molecular formula is C28H26N2O4. The molecule has 5 aromatic rings. The fraction of sp³-hybridized carbons (Fsp3) is 0.179. The third-order valence-electron chi connectivity index (χ3n) is 5.93. The molecule has 0 unspecified atom stereocenters. The van der Waals surface area contributed by atoms with Gasteiger partial charge in [0.15, 0.2) is 0 Å². The number of rotatable bonds is 8. The lowest BCUT2D eigenvalue weighted by molar-refractivity contribution is 0.0913. The van der Waals surface area contributed by atoms with Crippen LogP contribution in [0.15, 0.2) is 83.4 Å². The van der Waals surface area contributed by atoms with E-state index in [0.29, 0.717) is 30.1 Å². The number of aromatic nitrogens is 1. The molecule has 34 heavy (non-hydrogen) atoms. The Morgan fingerprint density at radius 3 is 2.74 bits per heavy atom. The number of aliphatic hydroxyl groups is 1. The van der Waals surface area contributed by atoms with Crippen LogP contribution >= 0.6 is 0 Å². The minimum absolute atomic E-state index is 0.182. The third-order valence-corrected chi connectivity index (χ3v) is 5.93. The Balaban J connectivity index is 1.42. The number of aromatic amines is 1. The Bertz CT molecular complexity index is 1420. The summed E-state index contributed by atoms with van der Waals surface area (Å²) in [5, 5.41) is 15.1. The molecule has 0 fully saturated rings. The van der Waals surface area contributed by atoms with Gasteiger partial charge in [0, 0.05) is 28.0 Å². The van der Waals surface area contributed by atoms with Gasteiger partial charge in [-0.05, 0) is 55.3 Å². The van der Waals surface area contributed by atoms with E-state index in [1.807, 2.05) is 73.8 Å². The van der Waals surface area contributed by atoms with Crippen LogP contribution in [0.4, 0.5) is 0 Å². The predicted molar refractivity (Wildman–Crippen MR) is 133 cm³/mol. The van der Waals surface area contributed by atoms with Crippen molar-refractivity contribution in [3.05, 3.63) is 90.1 Å². The molecule has 2 heterocycles. The second kappa shape index (κ2) is 9.45. The number of ether oxygens (including phenoxy) is 1. The molecule has 2 aromatic heterocycles. The number of amides is 1. The van der Waals surface area contributed by atoms with Crippen molar-refractivity contribution in [2.24, 2.45) is 0 Å². The minimum atomic E-state index is -0.448. The van der Waals surface area contributed by atoms with E-state index in [0.717, 1.165) is 33.0 Å². The average Bonchev–Trinajstić information content (AvgIpc) is 3.48. The minimum Gasteiger partial charge on any atom is -0.493 e. The summed E-state index contributed by atoms with van der Waals surface area (Å²) in [6.07, 6.45) is 2.42. The monoisotopic (exact) mass is 454 g/mol. The first-order valence-electron chi connectivity index (χ1n) is 11.4. The van der Waals surface area contributed by atoms with Crippen LogP contribution in [0.5, 0.6) is 5.75 Å². The second-order valence-electron chi connectivity index (χ2n) is 8.21. The lowest BCUT2D eigenvalue weighted by Crippen LogP contribution is -2.39. The van der Waals surface area contributed by atoms with E-state index >= 15 is 0 Å². The van der Waals surface area contributed by atoms with Crippen molar-refractivity contribution in [2.45, 2.75) is 19.4 Å². The molecule has 6 heteroatoms. The van der Waals surface area contributed by atoms with E-state index in [1.165, 1.54) is 0 Å². The Kier molecular flexibility index (Phi) is 6.06. The number of carbonyl (C=O) groups excluding carboxylic acids is 1. The summed E-state index contributed by atoms with van der Waals surface area (Å²) < 4.78 is 11.7. The highest BCUT2D eigenvalue weighted by Crippen LogP contribution is 2.31. The van der Waals surface area contributed by atoms with E-state index in [2.05, 4.69) is 10.3 Å². The Hall–Kier alpha value is -4.03. The van der Waals surface area contributed by atoms with E-state index in [4.69, 9.17) is 9.15 Å². The average molecular weight is 455 g/mol. The lowest BCUT2D eigenvalue weighted by atomic mass is 10.0. The molecule has 0 aliphatic rings. The highest BCUT2D eigenvalue weighted by Gasteiger charge is 2.20. The molecule has 3 N–H and O–H groups in total. The standard InChI is InChI=1S/C28H26N2O4/c1-2-33-26-12-11-19(27-15-18-7-3-6-10-25(18)34-27)14-23(26)28(32)30-21(17-31)13-20-16-29-24-9-5-4-8-22(20)24/h3-12,14-16,21,29,31H,2,13,17H2,1H3,(H,30,32)/t21-/m1/s1. The maximum absolute atomic E-state index is 13.3. The smallest absolute Gasteiger partial charge is 0.255 e. The summed E-state index contributed by atoms with van der Waals surface area (Å²) in [5.74, 6) is 0.861. The van der Waals surface area contributed by atoms with Crippen molar-refractivity contribution >= 4 is 27.8 Å². The SMILES string of the molecule is CCOc1ccc(-c2cc3ccccc3o2)cc1C(=O)N[C@@H](CO)Cc1c[nH]c2ccccc12. The number of para-hydroxylation sites is 2. The van der Waals surface area contributed by atoms with Crippen molar-refractivity contribution in [2.75, 3.05) is 13.2 Å². The zero-order valence-corrected chi connectivity index (χ0v) is 18.9. The van der Waals surface area contributed by atoms with Gasteiger partial charge in [-0.2, -0.15) is 0 Å². The summed E-state index contributed by atoms with van der Waals surface area (Å²) in [6, 6.07) is 22.7. The number of carbonyl (C=O) groups is 1. The highest BCUT2D eigenvalue weighted by atomic mass is 16.5. The molecule has 6 nitrogen and oxygen atoms in total. The molecule has 0 saturated carbocycles. The number of H-pyrrole nitrogens is 1. The molecular weight excluding hydrogens is 428 g/mol. The molecule has 0 bridgehead atoms. The summed E-state index contributed by atoms with van der Waals surface area (Å²) >= 11 is 0. The first-order valence-corrected chi connectivity index (χ1v) is 11.4. The first kappa shape index (κ1) is 21.8. The number of fused-ring (bicyclic) bond motifs is 2. The Morgan fingerprint density at radius 2 is 1.91 bits per heavy atom. The molecule has 1 atom stereocenters. The van der Waals surface area contributed by atoms with E-state index in [9.17, 15) is 9.90 Å². The fourth-order valence-electron chi connectivity index (χ4n) is 4.26. The molecule has 0 aliphatic heterocycles. The Labute approximate surface area is 197 Å². The maximum Gasteiger partial charge on any atom is 0.255 e. The number of furan rings is 1. The van der Waals surface area contributed by atoms with Gasteiger partial charge in [0.1, 0.15) is 17.1 Å². The third kappa shape index (κ3) is 4.28. The van der Waals surface area contributed by atoms with E-state index in [1.54, 1.807) is 12.1 Å². The van der Waals surface area contributed by atoms with Gasteiger partial charge in [0.2, 0.25) is 0 Å². The highest BCUT2D eigenvalue weighted by molar-refractivity contribution is 5.98. The van der Waals surface area contributed by atoms with Crippen molar-refractivity contribution < 1.29 is 19.1 Å². The summed E-state index contributed by atoms with van der Waals surface area (Å²) in [5.41, 5.74) is 4.03. The van der Waals surface area contributed by atoms with Crippen LogP contribution in [-0.2, 0) is 6.42 Å². The zero-order valence-electron chi connectivity index (χ0n) is 18.9. The molecule has 172 valence electrons. The van der Waals surface area contributed by atoms with Crippen molar-refractivity contribution in [1.29, 1.82) is 0 Å². The van der Waals surface area contributed by atoms with Gasteiger partial charge in [-0.3, -0.25) is 4.79 Å². The van der Waals surface area contributed by atoms with Crippen molar-refractivity contribution in [3.8, 4) is 17.1 Å². The van der Waals surface area contributed by atoms with Crippen molar-refractivity contribution in [1.82, 2.24) is 10.3 Å². The predicted octanol–water partition coefficient (Wildman–Crippen LogP) is 5.31. The number of hydrogen-bond acceptors (Lipinski definition) is 4. The number of nitrogens with one attached hydrogen (secondary N) is 2. The lowest BCUT2D eigenvalue weighted by Gasteiger charge is -2.18. The van der Waals surface area contributed by atoms with Crippen LogP contribution < -0.4 is 10.1 Å². The number of aliphatic hydroxyl groups excluding tert-OH is 1. The largest absolute Gasteiger partial charge is 0.493 e. The molecule has 1 amide bonds. The van der Waals surface area contributed by atoms with Crippen LogP contribution in [0.3, 0.4) is 0 Å². The van der Waals surface area contributed by atoms with Gasteiger partial charge >= 0.3 is 0 Å². The van der Waals surface area contributed by atoms with Gasteiger partial charge in [-0.25, -0.2) is 0 Å². The molecule has 0 saturated heterocycles. The van der Waals surface area contributed by atoms with Gasteiger partial charge in [-0.1, -0.05) is 36.4 Å². The fourth-order valence-corrected chi connectivity index (χ4v) is 4.26. The second-order valence-corrected chi connectivity index (χ2v) is 8.21. The van der Waals surface area contributed by atoms with E-state index in [-0.39, 0.29) is 12.5 Å². The quantitative estimate of drug-likeness (QED) is 0.296. The number of benzene rings is 3. The van der Waals surface area contributed by atoms with Gasteiger partial charge < -0.3 is 24.6 Å². The maximum atomic E-state index is 13.3. The number of hydrogen-bond donors (Lipinski definition) is 3. The van der Waals surface area contributed by atoms with Crippen LogP contribution in [0.25, 0.3) is 33.2 Å². The van der Waals surface area contributed by atoms with Crippen molar-refractivity contribution in [3.63, 3.8) is 0 Å². The zero-order chi connectivity index (χ0) is 23.5.